The maximum atomic E-state index is 5.18. The first-order valence-electron chi connectivity index (χ1n) is 5.10. The van der Waals surface area contributed by atoms with E-state index >= 15 is 0 Å². The molecule has 0 aliphatic carbocycles. The van der Waals surface area contributed by atoms with Crippen molar-refractivity contribution in [2.45, 2.75) is 13.1 Å². The molecule has 0 saturated carbocycles. The second kappa shape index (κ2) is 5.63. The number of pyridine rings is 1. The van der Waals surface area contributed by atoms with Gasteiger partial charge in [0, 0.05) is 24.8 Å². The molecule has 2 heterocycles. The number of rotatable bonds is 5. The number of methoxy groups -OCH3 is 1. The monoisotopic (exact) mass is 234 g/mol. The van der Waals surface area contributed by atoms with Crippen molar-refractivity contribution in [1.29, 1.82) is 0 Å². The SMILES string of the molecule is COc1ncccc1CNCc1ccsc1. The van der Waals surface area contributed by atoms with Gasteiger partial charge in [0.15, 0.2) is 0 Å². The minimum atomic E-state index is 0.695. The van der Waals surface area contributed by atoms with Crippen LogP contribution >= 0.6 is 11.3 Å². The molecule has 0 aromatic carbocycles. The Morgan fingerprint density at radius 1 is 1.38 bits per heavy atom. The van der Waals surface area contributed by atoms with Crippen molar-refractivity contribution in [2.75, 3.05) is 7.11 Å². The summed E-state index contributed by atoms with van der Waals surface area (Å²) in [5, 5.41) is 7.60. The molecule has 1 N–H and O–H groups in total. The predicted octanol–water partition coefficient (Wildman–Crippen LogP) is 2.44. The van der Waals surface area contributed by atoms with Gasteiger partial charge in [-0.25, -0.2) is 4.98 Å². The molecule has 0 fully saturated rings. The van der Waals surface area contributed by atoms with Gasteiger partial charge < -0.3 is 10.1 Å². The lowest BCUT2D eigenvalue weighted by molar-refractivity contribution is 0.390. The molecule has 0 atom stereocenters. The van der Waals surface area contributed by atoms with Gasteiger partial charge in [0.25, 0.3) is 0 Å². The Morgan fingerprint density at radius 2 is 2.31 bits per heavy atom. The van der Waals surface area contributed by atoms with Gasteiger partial charge in [-0.2, -0.15) is 11.3 Å². The van der Waals surface area contributed by atoms with Crippen molar-refractivity contribution in [3.63, 3.8) is 0 Å². The standard InChI is InChI=1S/C12H14N2OS/c1-15-12-11(3-2-5-14-12)8-13-7-10-4-6-16-9-10/h2-6,9,13H,7-8H2,1H3. The number of ether oxygens (including phenoxy) is 1. The topological polar surface area (TPSA) is 34.1 Å². The van der Waals surface area contributed by atoms with E-state index in [0.29, 0.717) is 5.88 Å². The number of nitrogens with one attached hydrogen (secondary N) is 1. The summed E-state index contributed by atoms with van der Waals surface area (Å²) in [6.07, 6.45) is 1.74. The summed E-state index contributed by atoms with van der Waals surface area (Å²) in [5.41, 5.74) is 2.40. The smallest absolute Gasteiger partial charge is 0.217 e. The van der Waals surface area contributed by atoms with E-state index in [1.54, 1.807) is 24.6 Å². The van der Waals surface area contributed by atoms with Crippen molar-refractivity contribution in [1.82, 2.24) is 10.3 Å². The molecule has 2 aromatic rings. The quantitative estimate of drug-likeness (QED) is 0.862. The normalized spacial score (nSPS) is 10.3. The van der Waals surface area contributed by atoms with Gasteiger partial charge in [0.05, 0.1) is 7.11 Å². The molecule has 4 heteroatoms. The third-order valence-electron chi connectivity index (χ3n) is 2.27. The minimum Gasteiger partial charge on any atom is -0.481 e. The van der Waals surface area contributed by atoms with Crippen molar-refractivity contribution >= 4 is 11.3 Å². The number of hydrogen-bond donors (Lipinski definition) is 1. The zero-order valence-electron chi connectivity index (χ0n) is 9.14. The van der Waals surface area contributed by atoms with E-state index in [9.17, 15) is 0 Å². The van der Waals surface area contributed by atoms with Crippen molar-refractivity contribution in [3.8, 4) is 5.88 Å². The summed E-state index contributed by atoms with van der Waals surface area (Å²) in [6, 6.07) is 6.06. The van der Waals surface area contributed by atoms with Gasteiger partial charge in [-0.15, -0.1) is 0 Å². The van der Waals surface area contributed by atoms with Gasteiger partial charge in [0.1, 0.15) is 0 Å². The molecule has 0 spiro atoms. The molecule has 2 aromatic heterocycles. The molecule has 0 aliphatic rings. The van der Waals surface area contributed by atoms with E-state index in [4.69, 9.17) is 4.74 Å². The van der Waals surface area contributed by atoms with Crippen LogP contribution in [0.1, 0.15) is 11.1 Å². The number of thiophene rings is 1. The van der Waals surface area contributed by atoms with E-state index < -0.39 is 0 Å². The van der Waals surface area contributed by atoms with Crippen LogP contribution in [0.15, 0.2) is 35.2 Å². The molecule has 0 aliphatic heterocycles. The fourth-order valence-electron chi connectivity index (χ4n) is 1.48. The van der Waals surface area contributed by atoms with Crippen LogP contribution in [0.5, 0.6) is 5.88 Å². The highest BCUT2D eigenvalue weighted by atomic mass is 32.1. The van der Waals surface area contributed by atoms with Crippen LogP contribution in [0.25, 0.3) is 0 Å². The van der Waals surface area contributed by atoms with E-state index in [1.165, 1.54) is 5.56 Å². The average molecular weight is 234 g/mol. The summed E-state index contributed by atoms with van der Waals surface area (Å²) >= 11 is 1.72. The van der Waals surface area contributed by atoms with Gasteiger partial charge >= 0.3 is 0 Å². The Balaban J connectivity index is 1.89. The van der Waals surface area contributed by atoms with Crippen molar-refractivity contribution < 1.29 is 4.74 Å². The van der Waals surface area contributed by atoms with Crippen LogP contribution in [0.4, 0.5) is 0 Å². The lowest BCUT2D eigenvalue weighted by atomic mass is 10.2. The summed E-state index contributed by atoms with van der Waals surface area (Å²) in [6.45, 7) is 1.65. The molecule has 2 rings (SSSR count). The molecular formula is C12H14N2OS. The lowest BCUT2D eigenvalue weighted by Crippen LogP contribution is -2.13. The van der Waals surface area contributed by atoms with Crippen LogP contribution in [-0.4, -0.2) is 12.1 Å². The zero-order chi connectivity index (χ0) is 11.2. The second-order valence-corrected chi connectivity index (χ2v) is 4.19. The molecule has 84 valence electrons. The number of hydrogen-bond acceptors (Lipinski definition) is 4. The average Bonchev–Trinajstić information content (AvgIpc) is 2.83. The van der Waals surface area contributed by atoms with Crippen molar-refractivity contribution in [3.05, 3.63) is 46.3 Å². The number of nitrogens with zero attached hydrogens (tertiary/aromatic N) is 1. The molecule has 0 radical (unpaired) electrons. The first-order chi connectivity index (χ1) is 7.90. The van der Waals surface area contributed by atoms with Crippen LogP contribution in [0.3, 0.4) is 0 Å². The summed E-state index contributed by atoms with van der Waals surface area (Å²) < 4.78 is 5.18. The molecule has 0 saturated heterocycles. The summed E-state index contributed by atoms with van der Waals surface area (Å²) in [4.78, 5) is 4.15. The van der Waals surface area contributed by atoms with Gasteiger partial charge in [-0.3, -0.25) is 0 Å². The molecular weight excluding hydrogens is 220 g/mol. The van der Waals surface area contributed by atoms with E-state index in [0.717, 1.165) is 18.7 Å². The van der Waals surface area contributed by atoms with Crippen LogP contribution in [-0.2, 0) is 13.1 Å². The van der Waals surface area contributed by atoms with Crippen LogP contribution in [0.2, 0.25) is 0 Å². The highest BCUT2D eigenvalue weighted by Crippen LogP contribution is 2.13. The van der Waals surface area contributed by atoms with E-state index in [1.807, 2.05) is 12.1 Å². The highest BCUT2D eigenvalue weighted by molar-refractivity contribution is 7.07. The van der Waals surface area contributed by atoms with Crippen molar-refractivity contribution in [2.24, 2.45) is 0 Å². The Labute approximate surface area is 99.1 Å². The number of aromatic nitrogens is 1. The van der Waals surface area contributed by atoms with Crippen LogP contribution in [0, 0.1) is 0 Å². The molecule has 0 unspecified atom stereocenters. The highest BCUT2D eigenvalue weighted by Gasteiger charge is 2.02. The molecule has 0 bridgehead atoms. The molecule has 0 amide bonds. The summed E-state index contributed by atoms with van der Waals surface area (Å²) in [7, 11) is 1.64. The Morgan fingerprint density at radius 3 is 3.06 bits per heavy atom. The lowest BCUT2D eigenvalue weighted by Gasteiger charge is -2.07. The Bertz CT molecular complexity index is 428. The van der Waals surface area contributed by atoms with Gasteiger partial charge in [-0.05, 0) is 28.5 Å². The zero-order valence-corrected chi connectivity index (χ0v) is 9.96. The Kier molecular flexibility index (Phi) is 3.91. The van der Waals surface area contributed by atoms with Crippen LogP contribution < -0.4 is 10.1 Å². The Hall–Kier alpha value is -1.39. The third kappa shape index (κ3) is 2.81. The molecule has 16 heavy (non-hydrogen) atoms. The molecule has 3 nitrogen and oxygen atoms in total. The van der Waals surface area contributed by atoms with Gasteiger partial charge in [0.2, 0.25) is 5.88 Å². The van der Waals surface area contributed by atoms with E-state index in [-0.39, 0.29) is 0 Å². The van der Waals surface area contributed by atoms with Gasteiger partial charge in [-0.1, -0.05) is 6.07 Å². The fraction of sp³-hybridized carbons (Fsp3) is 0.250. The minimum absolute atomic E-state index is 0.695. The largest absolute Gasteiger partial charge is 0.481 e. The predicted molar refractivity (Wildman–Crippen MR) is 65.7 cm³/mol. The summed E-state index contributed by atoms with van der Waals surface area (Å²) in [5.74, 6) is 0.695. The fourth-order valence-corrected chi connectivity index (χ4v) is 2.15. The second-order valence-electron chi connectivity index (χ2n) is 3.41. The first kappa shape index (κ1) is 11.1. The third-order valence-corrected chi connectivity index (χ3v) is 3.00. The maximum Gasteiger partial charge on any atom is 0.217 e. The van der Waals surface area contributed by atoms with E-state index in [2.05, 4.69) is 27.1 Å². The first-order valence-corrected chi connectivity index (χ1v) is 6.04. The maximum absolute atomic E-state index is 5.18.